The molecular weight excluding hydrogens is 390 g/mol. The van der Waals surface area contributed by atoms with Crippen LogP contribution in [0.1, 0.15) is 30.0 Å². The fourth-order valence-electron chi connectivity index (χ4n) is 3.73. The van der Waals surface area contributed by atoms with Gasteiger partial charge < -0.3 is 19.6 Å². The van der Waals surface area contributed by atoms with Crippen LogP contribution in [0.5, 0.6) is 5.75 Å². The summed E-state index contributed by atoms with van der Waals surface area (Å²) in [6.45, 7) is 2.87. The lowest BCUT2D eigenvalue weighted by atomic mass is 10.0. The predicted octanol–water partition coefficient (Wildman–Crippen LogP) is 3.17. The van der Waals surface area contributed by atoms with Crippen molar-refractivity contribution in [2.45, 2.75) is 25.3 Å². The first-order valence-electron chi connectivity index (χ1n) is 10.2. The summed E-state index contributed by atoms with van der Waals surface area (Å²) in [6.07, 6.45) is 2.29. The molecule has 3 rings (SSSR count). The number of ether oxygens (including phenoxy) is 1. The Kier molecular flexibility index (Phi) is 7.76. The van der Waals surface area contributed by atoms with Crippen LogP contribution in [0.25, 0.3) is 0 Å². The molecule has 0 unspecified atom stereocenters. The van der Waals surface area contributed by atoms with Gasteiger partial charge >= 0.3 is 0 Å². The molecular formula is C23H28F2N2O3. The molecule has 1 atom stereocenters. The summed E-state index contributed by atoms with van der Waals surface area (Å²) < 4.78 is 32.1. The lowest BCUT2D eigenvalue weighted by Crippen LogP contribution is -2.39. The summed E-state index contributed by atoms with van der Waals surface area (Å²) in [5, 5.41) is 8.90. The average Bonchev–Trinajstić information content (AvgIpc) is 3.26. The number of carbonyl (C=O) groups is 1. The van der Waals surface area contributed by atoms with Gasteiger partial charge in [0.25, 0.3) is 0 Å². The molecule has 5 nitrogen and oxygen atoms in total. The molecule has 7 heteroatoms. The third-order valence-corrected chi connectivity index (χ3v) is 5.45. The van der Waals surface area contributed by atoms with Crippen LogP contribution in [-0.2, 0) is 11.2 Å². The largest absolute Gasteiger partial charge is 0.491 e. The molecule has 0 saturated carbocycles. The molecule has 1 fully saturated rings. The number of aliphatic hydroxyl groups is 1. The van der Waals surface area contributed by atoms with Gasteiger partial charge in [-0.05, 0) is 61.3 Å². The molecule has 2 aromatic carbocycles. The van der Waals surface area contributed by atoms with Gasteiger partial charge in [-0.2, -0.15) is 0 Å². The number of rotatable bonds is 9. The Hall–Kier alpha value is -2.51. The molecule has 30 heavy (non-hydrogen) atoms. The highest BCUT2D eigenvalue weighted by molar-refractivity contribution is 5.79. The number of benzene rings is 2. The number of hydrogen-bond acceptors (Lipinski definition) is 4. The molecule has 1 aliphatic heterocycles. The third-order valence-electron chi connectivity index (χ3n) is 5.45. The Labute approximate surface area is 175 Å². The standard InChI is InChI=1S/C23H28F2N2O3/c1-26(23(29)15-17-4-9-20(24)21(25)14-17)22(16-27-10-2-3-11-27)18-5-7-19(8-6-18)30-13-12-28/h4-9,14,22,28H,2-3,10-13,15-16H2,1H3/t22-/m1/s1. The van der Waals surface area contributed by atoms with E-state index in [9.17, 15) is 13.6 Å². The molecule has 1 amide bonds. The Morgan fingerprint density at radius 3 is 2.47 bits per heavy atom. The monoisotopic (exact) mass is 418 g/mol. The number of nitrogens with zero attached hydrogens (tertiary/aromatic N) is 2. The Balaban J connectivity index is 1.75. The first-order valence-corrected chi connectivity index (χ1v) is 10.2. The van der Waals surface area contributed by atoms with Gasteiger partial charge in [0.2, 0.25) is 5.91 Å². The van der Waals surface area contributed by atoms with Gasteiger partial charge in [0.05, 0.1) is 19.1 Å². The van der Waals surface area contributed by atoms with Crippen LogP contribution in [0, 0.1) is 11.6 Å². The second kappa shape index (κ2) is 10.5. The van der Waals surface area contributed by atoms with Crippen molar-refractivity contribution < 1.29 is 23.4 Å². The highest BCUT2D eigenvalue weighted by Gasteiger charge is 2.26. The van der Waals surface area contributed by atoms with Crippen LogP contribution in [0.4, 0.5) is 8.78 Å². The topological polar surface area (TPSA) is 53.0 Å². The van der Waals surface area contributed by atoms with Crippen LogP contribution in [0.3, 0.4) is 0 Å². The minimum absolute atomic E-state index is 0.00188. The van der Waals surface area contributed by atoms with Crippen molar-refractivity contribution in [3.63, 3.8) is 0 Å². The zero-order valence-electron chi connectivity index (χ0n) is 17.2. The first-order chi connectivity index (χ1) is 14.5. The van der Waals surface area contributed by atoms with Gasteiger partial charge in [-0.25, -0.2) is 8.78 Å². The number of likely N-dealkylation sites (tertiary alicyclic amines) is 1. The van der Waals surface area contributed by atoms with E-state index in [1.54, 1.807) is 11.9 Å². The van der Waals surface area contributed by atoms with Crippen LogP contribution in [0.2, 0.25) is 0 Å². The highest BCUT2D eigenvalue weighted by Crippen LogP contribution is 2.26. The summed E-state index contributed by atoms with van der Waals surface area (Å²) in [6, 6.07) is 10.9. The number of amides is 1. The maximum atomic E-state index is 13.5. The normalized spacial score (nSPS) is 15.2. The van der Waals surface area contributed by atoms with Crippen molar-refractivity contribution in [3.8, 4) is 5.75 Å². The lowest BCUT2D eigenvalue weighted by molar-refractivity contribution is -0.131. The Bertz CT molecular complexity index is 839. The summed E-state index contributed by atoms with van der Waals surface area (Å²) in [5.74, 6) is -1.38. The smallest absolute Gasteiger partial charge is 0.227 e. The van der Waals surface area contributed by atoms with E-state index in [2.05, 4.69) is 4.90 Å². The summed E-state index contributed by atoms with van der Waals surface area (Å²) in [7, 11) is 1.75. The number of aliphatic hydroxyl groups excluding tert-OH is 1. The molecule has 2 aromatic rings. The van der Waals surface area contributed by atoms with E-state index in [4.69, 9.17) is 9.84 Å². The highest BCUT2D eigenvalue weighted by atomic mass is 19.2. The third kappa shape index (κ3) is 5.77. The minimum Gasteiger partial charge on any atom is -0.491 e. The molecule has 0 bridgehead atoms. The maximum absolute atomic E-state index is 13.5. The molecule has 0 aromatic heterocycles. The first kappa shape index (κ1) is 22.2. The van der Waals surface area contributed by atoms with E-state index >= 15 is 0 Å². The van der Waals surface area contributed by atoms with Gasteiger partial charge in [-0.3, -0.25) is 4.79 Å². The summed E-state index contributed by atoms with van der Waals surface area (Å²) >= 11 is 0. The van der Waals surface area contributed by atoms with Crippen LogP contribution >= 0.6 is 0 Å². The van der Waals surface area contributed by atoms with Crippen LogP contribution in [0.15, 0.2) is 42.5 Å². The molecule has 0 spiro atoms. The van der Waals surface area contributed by atoms with Crippen molar-refractivity contribution in [1.82, 2.24) is 9.80 Å². The van der Waals surface area contributed by atoms with Gasteiger partial charge in [0, 0.05) is 13.6 Å². The van der Waals surface area contributed by atoms with E-state index in [1.165, 1.54) is 6.07 Å². The van der Waals surface area contributed by atoms with Gasteiger partial charge in [-0.1, -0.05) is 18.2 Å². The van der Waals surface area contributed by atoms with Gasteiger partial charge in [0.15, 0.2) is 11.6 Å². The van der Waals surface area contributed by atoms with Gasteiger partial charge in [0.1, 0.15) is 12.4 Å². The van der Waals surface area contributed by atoms with Crippen molar-refractivity contribution in [3.05, 3.63) is 65.2 Å². The second-order valence-corrected chi connectivity index (χ2v) is 7.59. The fraction of sp³-hybridized carbons (Fsp3) is 0.435. The van der Waals surface area contributed by atoms with Crippen LogP contribution in [-0.4, -0.2) is 60.7 Å². The molecule has 0 radical (unpaired) electrons. The number of carbonyl (C=O) groups excluding carboxylic acids is 1. The maximum Gasteiger partial charge on any atom is 0.227 e. The van der Waals surface area contributed by atoms with Crippen LogP contribution < -0.4 is 4.74 Å². The SMILES string of the molecule is CN(C(=O)Cc1ccc(F)c(F)c1)[C@H](CN1CCCC1)c1ccc(OCCO)cc1. The predicted molar refractivity (Wildman–Crippen MR) is 110 cm³/mol. The van der Waals surface area contributed by atoms with Crippen molar-refractivity contribution >= 4 is 5.91 Å². The van der Waals surface area contributed by atoms with E-state index in [0.29, 0.717) is 17.9 Å². The number of likely N-dealkylation sites (N-methyl/N-ethyl adjacent to an activating group) is 1. The molecule has 162 valence electrons. The summed E-state index contributed by atoms with van der Waals surface area (Å²) in [5.41, 5.74) is 1.41. The van der Waals surface area contributed by atoms with Crippen molar-refractivity contribution in [1.29, 1.82) is 0 Å². The van der Waals surface area contributed by atoms with Crippen molar-refractivity contribution in [2.75, 3.05) is 39.9 Å². The average molecular weight is 418 g/mol. The number of hydrogen-bond donors (Lipinski definition) is 1. The molecule has 0 aliphatic carbocycles. The van der Waals surface area contributed by atoms with Crippen molar-refractivity contribution in [2.24, 2.45) is 0 Å². The fourth-order valence-corrected chi connectivity index (χ4v) is 3.73. The lowest BCUT2D eigenvalue weighted by Gasteiger charge is -2.32. The minimum atomic E-state index is -0.949. The summed E-state index contributed by atoms with van der Waals surface area (Å²) in [4.78, 5) is 17.0. The molecule has 1 heterocycles. The van der Waals surface area contributed by atoms with E-state index < -0.39 is 11.6 Å². The van der Waals surface area contributed by atoms with E-state index in [1.807, 2.05) is 24.3 Å². The zero-order chi connectivity index (χ0) is 21.5. The second-order valence-electron chi connectivity index (χ2n) is 7.59. The number of halogens is 2. The van der Waals surface area contributed by atoms with E-state index in [-0.39, 0.29) is 31.6 Å². The van der Waals surface area contributed by atoms with Gasteiger partial charge in [-0.15, -0.1) is 0 Å². The quantitative estimate of drug-likeness (QED) is 0.680. The zero-order valence-corrected chi connectivity index (χ0v) is 17.2. The van der Waals surface area contributed by atoms with E-state index in [0.717, 1.165) is 43.6 Å². The molecule has 1 N–H and O–H groups in total. The molecule has 1 aliphatic rings. The Morgan fingerprint density at radius 2 is 1.83 bits per heavy atom. The Morgan fingerprint density at radius 1 is 1.13 bits per heavy atom. The molecule has 1 saturated heterocycles.